The standard InChI is InChI=1S/C19H24N4O2/c1-14-6-3-7-15(2)19(14)25-13-18(24)20-12-16-8-5-11-23(16)17-9-4-10-21-22-17/h3-4,6-7,9-10,16H,5,8,11-13H2,1-2H3,(H,20,24)/t16-/m0/s1. The molecule has 1 fully saturated rings. The molecule has 1 aliphatic rings. The highest BCUT2D eigenvalue weighted by Gasteiger charge is 2.26. The first-order valence-corrected chi connectivity index (χ1v) is 8.65. The molecule has 2 heterocycles. The van der Waals surface area contributed by atoms with Crippen molar-refractivity contribution in [1.29, 1.82) is 0 Å². The zero-order chi connectivity index (χ0) is 17.6. The van der Waals surface area contributed by atoms with Gasteiger partial charge in [-0.15, -0.1) is 5.10 Å². The molecule has 0 spiro atoms. The van der Waals surface area contributed by atoms with E-state index < -0.39 is 0 Å². The molecule has 0 bridgehead atoms. The normalized spacial score (nSPS) is 16.7. The van der Waals surface area contributed by atoms with Gasteiger partial charge < -0.3 is 15.0 Å². The summed E-state index contributed by atoms with van der Waals surface area (Å²) in [5, 5.41) is 11.1. The van der Waals surface area contributed by atoms with Crippen LogP contribution in [0.5, 0.6) is 5.75 Å². The van der Waals surface area contributed by atoms with Crippen molar-refractivity contribution < 1.29 is 9.53 Å². The Hall–Kier alpha value is -2.63. The van der Waals surface area contributed by atoms with Crippen LogP contribution in [0.4, 0.5) is 5.82 Å². The Morgan fingerprint density at radius 3 is 2.80 bits per heavy atom. The highest BCUT2D eigenvalue weighted by atomic mass is 16.5. The number of aromatic nitrogens is 2. The van der Waals surface area contributed by atoms with E-state index in [-0.39, 0.29) is 18.6 Å². The fraction of sp³-hybridized carbons (Fsp3) is 0.421. The Kier molecular flexibility index (Phi) is 5.48. The summed E-state index contributed by atoms with van der Waals surface area (Å²) in [5.41, 5.74) is 2.08. The maximum Gasteiger partial charge on any atom is 0.258 e. The zero-order valence-corrected chi connectivity index (χ0v) is 14.7. The minimum absolute atomic E-state index is 0.0313. The van der Waals surface area contributed by atoms with Gasteiger partial charge in [0.15, 0.2) is 12.4 Å². The number of rotatable bonds is 6. The van der Waals surface area contributed by atoms with Gasteiger partial charge in [-0.1, -0.05) is 18.2 Å². The van der Waals surface area contributed by atoms with E-state index in [9.17, 15) is 4.79 Å². The molecule has 3 rings (SSSR count). The van der Waals surface area contributed by atoms with Crippen LogP contribution < -0.4 is 15.0 Å². The van der Waals surface area contributed by atoms with Gasteiger partial charge in [-0.25, -0.2) is 0 Å². The number of hydrogen-bond donors (Lipinski definition) is 1. The van der Waals surface area contributed by atoms with Gasteiger partial charge in [-0.3, -0.25) is 4.79 Å². The van der Waals surface area contributed by atoms with Crippen molar-refractivity contribution >= 4 is 11.7 Å². The molecule has 1 atom stereocenters. The summed E-state index contributed by atoms with van der Waals surface area (Å²) < 4.78 is 5.71. The number of hydrogen-bond acceptors (Lipinski definition) is 5. The number of anilines is 1. The number of para-hydroxylation sites is 1. The van der Waals surface area contributed by atoms with Gasteiger partial charge in [0.25, 0.3) is 5.91 Å². The van der Waals surface area contributed by atoms with Crippen molar-refractivity contribution in [2.45, 2.75) is 32.7 Å². The Morgan fingerprint density at radius 2 is 2.08 bits per heavy atom. The first kappa shape index (κ1) is 17.2. The molecule has 6 heteroatoms. The van der Waals surface area contributed by atoms with Gasteiger partial charge in [0, 0.05) is 25.3 Å². The predicted molar refractivity (Wildman–Crippen MR) is 96.8 cm³/mol. The second-order valence-corrected chi connectivity index (χ2v) is 6.38. The van der Waals surface area contributed by atoms with Crippen LogP contribution in [-0.4, -0.2) is 41.8 Å². The monoisotopic (exact) mass is 340 g/mol. The fourth-order valence-corrected chi connectivity index (χ4v) is 3.24. The Bertz CT molecular complexity index is 700. The van der Waals surface area contributed by atoms with Gasteiger partial charge in [0.2, 0.25) is 0 Å². The molecule has 1 N–H and O–H groups in total. The summed E-state index contributed by atoms with van der Waals surface area (Å²) >= 11 is 0. The average molecular weight is 340 g/mol. The lowest BCUT2D eigenvalue weighted by Crippen LogP contribution is -2.42. The van der Waals surface area contributed by atoms with Crippen LogP contribution in [0.2, 0.25) is 0 Å². The second-order valence-electron chi connectivity index (χ2n) is 6.38. The molecule has 0 aliphatic carbocycles. The van der Waals surface area contributed by atoms with E-state index >= 15 is 0 Å². The van der Waals surface area contributed by atoms with Crippen molar-refractivity contribution in [2.24, 2.45) is 0 Å². The van der Waals surface area contributed by atoms with Gasteiger partial charge in [-0.05, 0) is 49.9 Å². The van der Waals surface area contributed by atoms with Crippen molar-refractivity contribution in [3.63, 3.8) is 0 Å². The van der Waals surface area contributed by atoms with Gasteiger partial charge in [-0.2, -0.15) is 5.10 Å². The maximum absolute atomic E-state index is 12.2. The average Bonchev–Trinajstić information content (AvgIpc) is 3.09. The van der Waals surface area contributed by atoms with Crippen LogP contribution in [0.1, 0.15) is 24.0 Å². The van der Waals surface area contributed by atoms with E-state index in [0.717, 1.165) is 42.1 Å². The summed E-state index contributed by atoms with van der Waals surface area (Å²) in [4.78, 5) is 14.4. The van der Waals surface area contributed by atoms with Gasteiger partial charge >= 0.3 is 0 Å². The number of nitrogens with zero attached hydrogens (tertiary/aromatic N) is 3. The molecule has 1 aromatic heterocycles. The molecule has 1 amide bonds. The molecule has 25 heavy (non-hydrogen) atoms. The Balaban J connectivity index is 1.50. The first-order valence-electron chi connectivity index (χ1n) is 8.65. The molecular formula is C19H24N4O2. The lowest BCUT2D eigenvalue weighted by atomic mass is 10.1. The molecule has 132 valence electrons. The molecule has 0 radical (unpaired) electrons. The molecule has 1 saturated heterocycles. The van der Waals surface area contributed by atoms with Crippen molar-refractivity contribution in [1.82, 2.24) is 15.5 Å². The van der Waals surface area contributed by atoms with E-state index in [1.807, 2.05) is 44.2 Å². The number of benzene rings is 1. The summed E-state index contributed by atoms with van der Waals surface area (Å²) in [6.45, 7) is 5.53. The van der Waals surface area contributed by atoms with Crippen LogP contribution >= 0.6 is 0 Å². The molecule has 2 aromatic rings. The summed E-state index contributed by atoms with van der Waals surface area (Å²) in [6.07, 6.45) is 3.80. The minimum atomic E-state index is -0.103. The summed E-state index contributed by atoms with van der Waals surface area (Å²) in [5.74, 6) is 1.55. The molecule has 0 unspecified atom stereocenters. The third-order valence-corrected chi connectivity index (χ3v) is 4.52. The van der Waals surface area contributed by atoms with Gasteiger partial charge in [0.1, 0.15) is 5.75 Å². The first-order chi connectivity index (χ1) is 12.1. The molecule has 6 nitrogen and oxygen atoms in total. The summed E-state index contributed by atoms with van der Waals surface area (Å²) in [6, 6.07) is 10.0. The lowest BCUT2D eigenvalue weighted by Gasteiger charge is -2.25. The maximum atomic E-state index is 12.2. The highest BCUT2D eigenvalue weighted by molar-refractivity contribution is 5.77. The van der Waals surface area contributed by atoms with Crippen molar-refractivity contribution in [3.05, 3.63) is 47.7 Å². The quantitative estimate of drug-likeness (QED) is 0.874. The van der Waals surface area contributed by atoms with E-state index in [4.69, 9.17) is 4.74 Å². The van der Waals surface area contributed by atoms with E-state index in [1.165, 1.54) is 0 Å². The number of ether oxygens (including phenoxy) is 1. The third kappa shape index (κ3) is 4.26. The number of amides is 1. The van der Waals surface area contributed by atoms with E-state index in [0.29, 0.717) is 6.54 Å². The van der Waals surface area contributed by atoms with Crippen LogP contribution in [0.15, 0.2) is 36.5 Å². The van der Waals surface area contributed by atoms with Crippen LogP contribution in [0.25, 0.3) is 0 Å². The number of carbonyl (C=O) groups is 1. The number of nitrogens with one attached hydrogen (secondary N) is 1. The number of carbonyl (C=O) groups excluding carboxylic acids is 1. The van der Waals surface area contributed by atoms with Crippen LogP contribution in [0, 0.1) is 13.8 Å². The fourth-order valence-electron chi connectivity index (χ4n) is 3.24. The molecule has 1 aliphatic heterocycles. The van der Waals surface area contributed by atoms with E-state index in [2.05, 4.69) is 20.4 Å². The Morgan fingerprint density at radius 1 is 1.28 bits per heavy atom. The van der Waals surface area contributed by atoms with E-state index in [1.54, 1.807) is 6.20 Å². The van der Waals surface area contributed by atoms with Gasteiger partial charge in [0.05, 0.1) is 0 Å². The minimum Gasteiger partial charge on any atom is -0.483 e. The smallest absolute Gasteiger partial charge is 0.258 e. The predicted octanol–water partition coefficient (Wildman–Crippen LogP) is 2.26. The Labute approximate surface area is 148 Å². The summed E-state index contributed by atoms with van der Waals surface area (Å²) in [7, 11) is 0. The zero-order valence-electron chi connectivity index (χ0n) is 14.7. The largest absolute Gasteiger partial charge is 0.483 e. The second kappa shape index (κ2) is 7.96. The molecule has 0 saturated carbocycles. The molecule has 1 aromatic carbocycles. The highest BCUT2D eigenvalue weighted by Crippen LogP contribution is 2.23. The number of aryl methyl sites for hydroxylation is 2. The lowest BCUT2D eigenvalue weighted by molar-refractivity contribution is -0.123. The van der Waals surface area contributed by atoms with Crippen molar-refractivity contribution in [2.75, 3.05) is 24.6 Å². The van der Waals surface area contributed by atoms with Crippen LogP contribution in [0.3, 0.4) is 0 Å². The van der Waals surface area contributed by atoms with Crippen molar-refractivity contribution in [3.8, 4) is 5.75 Å². The topological polar surface area (TPSA) is 67.3 Å². The SMILES string of the molecule is Cc1cccc(C)c1OCC(=O)NC[C@@H]1CCCN1c1cccnn1. The van der Waals surface area contributed by atoms with Crippen LogP contribution in [-0.2, 0) is 4.79 Å². The molecular weight excluding hydrogens is 316 g/mol. The third-order valence-electron chi connectivity index (χ3n) is 4.52.